The molecule has 17 heavy (non-hydrogen) atoms. The van der Waals surface area contributed by atoms with Crippen LogP contribution in [0.3, 0.4) is 0 Å². The highest BCUT2D eigenvalue weighted by Crippen LogP contribution is 2.21. The Morgan fingerprint density at radius 3 is 2.59 bits per heavy atom. The molecule has 0 radical (unpaired) electrons. The van der Waals surface area contributed by atoms with Crippen molar-refractivity contribution in [1.82, 2.24) is 5.32 Å². The molecule has 5 heteroatoms. The van der Waals surface area contributed by atoms with Crippen LogP contribution in [0, 0.1) is 0 Å². The van der Waals surface area contributed by atoms with Gasteiger partial charge in [-0.1, -0.05) is 18.2 Å². The van der Waals surface area contributed by atoms with Crippen molar-refractivity contribution < 1.29 is 14.7 Å². The first-order chi connectivity index (χ1) is 8.00. The quantitative estimate of drug-likeness (QED) is 0.724. The molecule has 0 spiro atoms. The van der Waals surface area contributed by atoms with Crippen molar-refractivity contribution in [2.24, 2.45) is 0 Å². The largest absolute Gasteiger partial charge is 0.389 e. The third-order valence-corrected chi connectivity index (χ3v) is 2.18. The zero-order valence-corrected chi connectivity index (χ0v) is 9.86. The number of carbonyl (C=O) groups excluding carboxylic acids is 2. The standard InChI is InChI=1S/C12H16N2O3/c1-8(15)10-5-3-4-6-11(10)14-12(17)7-13-9(2)16/h3-6,8,15H,7H2,1-2H3,(H,13,16)(H,14,17). The molecule has 0 saturated heterocycles. The van der Waals surface area contributed by atoms with E-state index in [4.69, 9.17) is 0 Å². The molecule has 0 aliphatic heterocycles. The maximum Gasteiger partial charge on any atom is 0.243 e. The molecule has 1 rings (SSSR count). The highest BCUT2D eigenvalue weighted by atomic mass is 16.3. The van der Waals surface area contributed by atoms with Crippen LogP contribution in [-0.2, 0) is 9.59 Å². The molecule has 1 atom stereocenters. The fraction of sp³-hybridized carbons (Fsp3) is 0.333. The molecule has 0 aliphatic carbocycles. The third-order valence-electron chi connectivity index (χ3n) is 2.18. The Labute approximate surface area is 99.8 Å². The molecule has 0 aliphatic rings. The van der Waals surface area contributed by atoms with E-state index in [0.717, 1.165) is 0 Å². The summed E-state index contributed by atoms with van der Waals surface area (Å²) in [5.74, 6) is -0.586. The van der Waals surface area contributed by atoms with Gasteiger partial charge in [0.25, 0.3) is 0 Å². The Bertz CT molecular complexity index is 416. The normalized spacial score (nSPS) is 11.7. The molecular weight excluding hydrogens is 220 g/mol. The minimum Gasteiger partial charge on any atom is -0.389 e. The van der Waals surface area contributed by atoms with Gasteiger partial charge in [-0.3, -0.25) is 9.59 Å². The molecule has 0 fully saturated rings. The molecule has 2 amide bonds. The van der Waals surface area contributed by atoms with Crippen LogP contribution in [-0.4, -0.2) is 23.5 Å². The minimum absolute atomic E-state index is 0.0799. The number of benzene rings is 1. The number of aliphatic hydroxyl groups is 1. The predicted molar refractivity (Wildman–Crippen MR) is 64.4 cm³/mol. The van der Waals surface area contributed by atoms with Crippen LogP contribution in [0.4, 0.5) is 5.69 Å². The fourth-order valence-corrected chi connectivity index (χ4v) is 1.37. The smallest absolute Gasteiger partial charge is 0.243 e. The number of rotatable bonds is 4. The molecule has 1 unspecified atom stereocenters. The summed E-state index contributed by atoms with van der Waals surface area (Å²) >= 11 is 0. The van der Waals surface area contributed by atoms with Gasteiger partial charge in [0.1, 0.15) is 0 Å². The molecule has 0 aromatic heterocycles. The second kappa shape index (κ2) is 6.00. The van der Waals surface area contributed by atoms with Crippen LogP contribution in [0.25, 0.3) is 0 Å². The number of hydrogen-bond donors (Lipinski definition) is 3. The van der Waals surface area contributed by atoms with Gasteiger partial charge in [-0.15, -0.1) is 0 Å². The summed E-state index contributed by atoms with van der Waals surface area (Å²) in [7, 11) is 0. The van der Waals surface area contributed by atoms with Gasteiger partial charge < -0.3 is 15.7 Å². The van der Waals surface area contributed by atoms with Crippen molar-refractivity contribution in [2.75, 3.05) is 11.9 Å². The van der Waals surface area contributed by atoms with Gasteiger partial charge in [0.2, 0.25) is 11.8 Å². The molecule has 92 valence electrons. The van der Waals surface area contributed by atoms with E-state index < -0.39 is 6.10 Å². The van der Waals surface area contributed by atoms with Crippen LogP contribution in [0.1, 0.15) is 25.5 Å². The maximum atomic E-state index is 11.5. The van der Waals surface area contributed by atoms with Gasteiger partial charge in [0.05, 0.1) is 12.6 Å². The van der Waals surface area contributed by atoms with E-state index in [0.29, 0.717) is 11.3 Å². The lowest BCUT2D eigenvalue weighted by atomic mass is 10.1. The van der Waals surface area contributed by atoms with Crippen LogP contribution in [0.15, 0.2) is 24.3 Å². The summed E-state index contributed by atoms with van der Waals surface area (Å²) in [6.45, 7) is 2.89. The van der Waals surface area contributed by atoms with E-state index in [-0.39, 0.29) is 18.4 Å². The summed E-state index contributed by atoms with van der Waals surface area (Å²) < 4.78 is 0. The SMILES string of the molecule is CC(=O)NCC(=O)Nc1ccccc1C(C)O. The van der Waals surface area contributed by atoms with Crippen LogP contribution < -0.4 is 10.6 Å². The van der Waals surface area contributed by atoms with E-state index in [1.165, 1.54) is 6.92 Å². The average Bonchev–Trinajstić information content (AvgIpc) is 2.27. The molecule has 0 heterocycles. The highest BCUT2D eigenvalue weighted by molar-refractivity contribution is 5.94. The van der Waals surface area contributed by atoms with Crippen LogP contribution >= 0.6 is 0 Å². The number of nitrogens with one attached hydrogen (secondary N) is 2. The summed E-state index contributed by atoms with van der Waals surface area (Å²) in [6.07, 6.45) is -0.660. The Morgan fingerprint density at radius 2 is 2.00 bits per heavy atom. The Hall–Kier alpha value is -1.88. The van der Waals surface area contributed by atoms with Gasteiger partial charge in [0, 0.05) is 18.2 Å². The minimum atomic E-state index is -0.660. The Morgan fingerprint density at radius 1 is 1.35 bits per heavy atom. The first kappa shape index (κ1) is 13.2. The van der Waals surface area contributed by atoms with E-state index in [1.54, 1.807) is 31.2 Å². The molecule has 5 nitrogen and oxygen atoms in total. The Balaban J connectivity index is 2.68. The molecular formula is C12H16N2O3. The zero-order valence-electron chi connectivity index (χ0n) is 9.86. The number of anilines is 1. The van der Waals surface area contributed by atoms with Crippen molar-refractivity contribution in [3.8, 4) is 0 Å². The monoisotopic (exact) mass is 236 g/mol. The average molecular weight is 236 g/mol. The maximum absolute atomic E-state index is 11.5. The van der Waals surface area contributed by atoms with Crippen molar-refractivity contribution in [2.45, 2.75) is 20.0 Å². The first-order valence-corrected chi connectivity index (χ1v) is 5.32. The van der Waals surface area contributed by atoms with Gasteiger partial charge in [0.15, 0.2) is 0 Å². The molecule has 3 N–H and O–H groups in total. The fourth-order valence-electron chi connectivity index (χ4n) is 1.37. The lowest BCUT2D eigenvalue weighted by molar-refractivity contribution is -0.122. The number of aliphatic hydroxyl groups excluding tert-OH is 1. The van der Waals surface area contributed by atoms with E-state index >= 15 is 0 Å². The summed E-state index contributed by atoms with van der Waals surface area (Å²) in [5, 5.41) is 14.5. The Kier molecular flexibility index (Phi) is 4.66. The van der Waals surface area contributed by atoms with Crippen molar-refractivity contribution >= 4 is 17.5 Å². The lowest BCUT2D eigenvalue weighted by Gasteiger charge is -2.12. The van der Waals surface area contributed by atoms with Gasteiger partial charge >= 0.3 is 0 Å². The number of carbonyl (C=O) groups is 2. The number of para-hydroxylation sites is 1. The number of hydrogen-bond acceptors (Lipinski definition) is 3. The topological polar surface area (TPSA) is 78.4 Å². The second-order valence-corrected chi connectivity index (χ2v) is 3.72. The van der Waals surface area contributed by atoms with Crippen molar-refractivity contribution in [1.29, 1.82) is 0 Å². The number of amides is 2. The van der Waals surface area contributed by atoms with Crippen LogP contribution in [0.2, 0.25) is 0 Å². The summed E-state index contributed by atoms with van der Waals surface area (Å²) in [4.78, 5) is 22.1. The summed E-state index contributed by atoms with van der Waals surface area (Å²) in [5.41, 5.74) is 1.20. The van der Waals surface area contributed by atoms with Crippen molar-refractivity contribution in [3.05, 3.63) is 29.8 Å². The van der Waals surface area contributed by atoms with E-state index in [1.807, 2.05) is 0 Å². The molecule has 0 saturated carbocycles. The highest BCUT2D eigenvalue weighted by Gasteiger charge is 2.09. The van der Waals surface area contributed by atoms with Crippen molar-refractivity contribution in [3.63, 3.8) is 0 Å². The lowest BCUT2D eigenvalue weighted by Crippen LogP contribution is -2.31. The molecule has 0 bridgehead atoms. The predicted octanol–water partition coefficient (Wildman–Crippen LogP) is 0.814. The molecule has 1 aromatic rings. The second-order valence-electron chi connectivity index (χ2n) is 3.72. The zero-order chi connectivity index (χ0) is 12.8. The first-order valence-electron chi connectivity index (χ1n) is 5.32. The van der Waals surface area contributed by atoms with E-state index in [9.17, 15) is 14.7 Å². The van der Waals surface area contributed by atoms with E-state index in [2.05, 4.69) is 10.6 Å². The summed E-state index contributed by atoms with van der Waals surface area (Å²) in [6, 6.07) is 6.98. The van der Waals surface area contributed by atoms with Crippen LogP contribution in [0.5, 0.6) is 0 Å². The molecule has 1 aromatic carbocycles. The van der Waals surface area contributed by atoms with Gasteiger partial charge in [-0.25, -0.2) is 0 Å². The van der Waals surface area contributed by atoms with Gasteiger partial charge in [-0.05, 0) is 13.0 Å². The van der Waals surface area contributed by atoms with Gasteiger partial charge in [-0.2, -0.15) is 0 Å². The third kappa shape index (κ3) is 4.24.